The molecule has 6 nitrogen and oxygen atoms in total. The molecule has 0 bridgehead atoms. The third kappa shape index (κ3) is 5.56. The van der Waals surface area contributed by atoms with Gasteiger partial charge in [0.25, 0.3) is 0 Å². The van der Waals surface area contributed by atoms with Crippen molar-refractivity contribution in [3.63, 3.8) is 0 Å². The average Bonchev–Trinajstić information content (AvgIpc) is 2.97. The first-order valence-corrected chi connectivity index (χ1v) is 10.3. The molecule has 0 aliphatic carbocycles. The van der Waals surface area contributed by atoms with E-state index >= 15 is 0 Å². The molecule has 2 N–H and O–H groups in total. The number of carbonyl (C=O) groups excluding carboxylic acids is 1. The molecule has 1 saturated heterocycles. The number of thiophene rings is 1. The molecule has 1 aromatic rings. The van der Waals surface area contributed by atoms with Crippen LogP contribution in [0.2, 0.25) is 0 Å². The molecule has 0 atom stereocenters. The van der Waals surface area contributed by atoms with Crippen LogP contribution in [0.1, 0.15) is 38.0 Å². The number of piperidine rings is 1. The molecule has 2 heterocycles. The minimum absolute atomic E-state index is 0.00833. The maximum absolute atomic E-state index is 12.5. The van der Waals surface area contributed by atoms with Crippen molar-refractivity contribution >= 4 is 27.3 Å². The monoisotopic (exact) mass is 359 g/mol. The Kier molecular flexibility index (Phi) is 6.58. The van der Waals surface area contributed by atoms with E-state index in [9.17, 15) is 13.2 Å². The number of sulfonamides is 1. The van der Waals surface area contributed by atoms with Gasteiger partial charge in [0.15, 0.2) is 0 Å². The van der Waals surface area contributed by atoms with Crippen LogP contribution in [-0.2, 0) is 21.4 Å². The molecule has 1 aromatic heterocycles. The highest BCUT2D eigenvalue weighted by atomic mass is 32.2. The van der Waals surface area contributed by atoms with Crippen LogP contribution in [0.5, 0.6) is 0 Å². The Bertz CT molecular complexity index is 620. The fourth-order valence-corrected chi connectivity index (χ4v) is 5.29. The van der Waals surface area contributed by atoms with Crippen molar-refractivity contribution in [2.24, 2.45) is 0 Å². The molecule has 1 amide bonds. The molecule has 0 saturated carbocycles. The van der Waals surface area contributed by atoms with Crippen molar-refractivity contribution in [1.29, 1.82) is 0 Å². The number of hydrogen-bond acceptors (Lipinski definition) is 5. The summed E-state index contributed by atoms with van der Waals surface area (Å²) in [7, 11) is -3.47. The topological polar surface area (TPSA) is 78.5 Å². The largest absolute Gasteiger partial charge is 0.351 e. The fraction of sp³-hybridized carbons (Fsp3) is 0.667. The Morgan fingerprint density at radius 1 is 1.35 bits per heavy atom. The highest BCUT2D eigenvalue weighted by Gasteiger charge is 2.25. The molecule has 0 radical (unpaired) electrons. The second-order valence-corrected chi connectivity index (χ2v) is 8.98. The third-order valence-electron chi connectivity index (χ3n) is 3.86. The van der Waals surface area contributed by atoms with E-state index in [1.165, 1.54) is 18.3 Å². The van der Waals surface area contributed by atoms with Gasteiger partial charge in [0.2, 0.25) is 15.9 Å². The van der Waals surface area contributed by atoms with Gasteiger partial charge in [-0.05, 0) is 51.0 Å². The van der Waals surface area contributed by atoms with Crippen LogP contribution >= 0.6 is 11.3 Å². The molecule has 0 aromatic carbocycles. The lowest BCUT2D eigenvalue weighted by molar-refractivity contribution is -0.119. The number of likely N-dealkylation sites (tertiary alicyclic amines) is 1. The first-order chi connectivity index (χ1) is 10.9. The summed E-state index contributed by atoms with van der Waals surface area (Å²) in [5, 5.41) is 2.68. The molecule has 1 fully saturated rings. The Balaban J connectivity index is 1.90. The lowest BCUT2D eigenvalue weighted by Crippen LogP contribution is -2.44. The summed E-state index contributed by atoms with van der Waals surface area (Å²) in [6, 6.07) is 3.36. The van der Waals surface area contributed by atoms with Crippen LogP contribution in [0.4, 0.5) is 0 Å². The molecule has 130 valence electrons. The van der Waals surface area contributed by atoms with Gasteiger partial charge in [0.05, 0.1) is 6.54 Å². The van der Waals surface area contributed by atoms with Crippen LogP contribution in [0.15, 0.2) is 16.3 Å². The molecular weight excluding hydrogens is 334 g/mol. The van der Waals surface area contributed by atoms with E-state index in [1.54, 1.807) is 12.1 Å². The van der Waals surface area contributed by atoms with Gasteiger partial charge in [0.1, 0.15) is 4.21 Å². The fourth-order valence-electron chi connectivity index (χ4n) is 2.68. The maximum atomic E-state index is 12.5. The standard InChI is InChI=1S/C15H25N3O3S2/c1-3-8-18-9-6-13(7-10-18)17-23(20,21)15-5-4-14(22-15)11-16-12(2)19/h4-5,13,17H,3,6-11H2,1-2H3,(H,16,19). The summed E-state index contributed by atoms with van der Waals surface area (Å²) >= 11 is 1.20. The average molecular weight is 360 g/mol. The highest BCUT2D eigenvalue weighted by Crippen LogP contribution is 2.23. The van der Waals surface area contributed by atoms with Crippen LogP contribution < -0.4 is 10.0 Å². The Labute approximate surface area is 142 Å². The van der Waals surface area contributed by atoms with Crippen LogP contribution in [0.25, 0.3) is 0 Å². The van der Waals surface area contributed by atoms with E-state index in [2.05, 4.69) is 21.9 Å². The van der Waals surface area contributed by atoms with Crippen molar-refractivity contribution in [2.45, 2.75) is 49.9 Å². The summed E-state index contributed by atoms with van der Waals surface area (Å²) in [6.07, 6.45) is 2.83. The smallest absolute Gasteiger partial charge is 0.250 e. The predicted octanol–water partition coefficient (Wildman–Crippen LogP) is 1.54. The van der Waals surface area contributed by atoms with Crippen molar-refractivity contribution in [2.75, 3.05) is 19.6 Å². The Morgan fingerprint density at radius 3 is 2.65 bits per heavy atom. The lowest BCUT2D eigenvalue weighted by atomic mass is 10.1. The number of nitrogens with zero attached hydrogens (tertiary/aromatic N) is 1. The van der Waals surface area contributed by atoms with Crippen LogP contribution in [0, 0.1) is 0 Å². The zero-order valence-corrected chi connectivity index (χ0v) is 15.3. The summed E-state index contributed by atoms with van der Waals surface area (Å²) in [5.41, 5.74) is 0. The molecule has 1 aliphatic heterocycles. The third-order valence-corrected chi connectivity index (χ3v) is 6.96. The van der Waals surface area contributed by atoms with E-state index in [0.717, 1.165) is 43.8 Å². The highest BCUT2D eigenvalue weighted by molar-refractivity contribution is 7.91. The van der Waals surface area contributed by atoms with Crippen molar-refractivity contribution < 1.29 is 13.2 Å². The second kappa shape index (κ2) is 8.23. The van der Waals surface area contributed by atoms with Crippen LogP contribution in [0.3, 0.4) is 0 Å². The normalized spacial score (nSPS) is 17.3. The number of hydrogen-bond donors (Lipinski definition) is 2. The summed E-state index contributed by atoms with van der Waals surface area (Å²) in [5.74, 6) is -0.125. The number of amides is 1. The summed E-state index contributed by atoms with van der Waals surface area (Å²) < 4.78 is 28.0. The number of rotatable bonds is 7. The summed E-state index contributed by atoms with van der Waals surface area (Å²) in [6.45, 7) is 6.93. The minimum atomic E-state index is -3.47. The number of carbonyl (C=O) groups is 1. The van der Waals surface area contributed by atoms with Crippen molar-refractivity contribution in [3.8, 4) is 0 Å². The number of nitrogens with one attached hydrogen (secondary N) is 2. The van der Waals surface area contributed by atoms with Crippen LogP contribution in [-0.4, -0.2) is 44.9 Å². The van der Waals surface area contributed by atoms with E-state index in [-0.39, 0.29) is 11.9 Å². The van der Waals surface area contributed by atoms with Gasteiger partial charge in [-0.1, -0.05) is 6.92 Å². The Hall–Kier alpha value is -0.960. The molecule has 0 spiro atoms. The lowest BCUT2D eigenvalue weighted by Gasteiger charge is -2.31. The zero-order valence-electron chi connectivity index (χ0n) is 13.7. The molecule has 0 unspecified atom stereocenters. The van der Waals surface area contributed by atoms with Crippen molar-refractivity contribution in [1.82, 2.24) is 14.9 Å². The maximum Gasteiger partial charge on any atom is 0.250 e. The molecule has 2 rings (SSSR count). The van der Waals surface area contributed by atoms with Gasteiger partial charge in [-0.25, -0.2) is 13.1 Å². The Morgan fingerprint density at radius 2 is 2.04 bits per heavy atom. The van der Waals surface area contributed by atoms with Gasteiger partial charge < -0.3 is 10.2 Å². The quantitative estimate of drug-likeness (QED) is 0.774. The first-order valence-electron chi connectivity index (χ1n) is 7.98. The van der Waals surface area contributed by atoms with Gasteiger partial charge in [-0.2, -0.15) is 0 Å². The van der Waals surface area contributed by atoms with Gasteiger partial charge in [-0.15, -0.1) is 11.3 Å². The van der Waals surface area contributed by atoms with Gasteiger partial charge in [0, 0.05) is 17.8 Å². The first kappa shape index (κ1) is 18.4. The molecule has 23 heavy (non-hydrogen) atoms. The van der Waals surface area contributed by atoms with E-state index in [1.807, 2.05) is 0 Å². The van der Waals surface area contributed by atoms with Gasteiger partial charge in [-0.3, -0.25) is 4.79 Å². The van der Waals surface area contributed by atoms with E-state index in [0.29, 0.717) is 10.8 Å². The van der Waals surface area contributed by atoms with E-state index < -0.39 is 10.0 Å². The second-order valence-electron chi connectivity index (χ2n) is 5.87. The zero-order chi connectivity index (χ0) is 16.9. The SMILES string of the molecule is CCCN1CCC(NS(=O)(=O)c2ccc(CNC(C)=O)s2)CC1. The van der Waals surface area contributed by atoms with Gasteiger partial charge >= 0.3 is 0 Å². The molecule has 8 heteroatoms. The predicted molar refractivity (Wildman–Crippen MR) is 91.9 cm³/mol. The van der Waals surface area contributed by atoms with Crippen molar-refractivity contribution in [3.05, 3.63) is 17.0 Å². The molecular formula is C15H25N3O3S2. The minimum Gasteiger partial charge on any atom is -0.351 e. The summed E-state index contributed by atoms with van der Waals surface area (Å²) in [4.78, 5) is 14.1. The van der Waals surface area contributed by atoms with E-state index in [4.69, 9.17) is 0 Å². The molecule has 1 aliphatic rings.